The van der Waals surface area contributed by atoms with Gasteiger partial charge in [0.05, 0.1) is 39.9 Å². The highest BCUT2D eigenvalue weighted by Crippen LogP contribution is 2.31. The van der Waals surface area contributed by atoms with Crippen molar-refractivity contribution in [2.24, 2.45) is 5.92 Å². The number of rotatable bonds is 12. The summed E-state index contributed by atoms with van der Waals surface area (Å²) in [5.41, 5.74) is 1.74. The summed E-state index contributed by atoms with van der Waals surface area (Å²) >= 11 is 0. The van der Waals surface area contributed by atoms with Gasteiger partial charge in [-0.15, -0.1) is 0 Å². The Morgan fingerprint density at radius 2 is 1.79 bits per heavy atom. The summed E-state index contributed by atoms with van der Waals surface area (Å²) in [6, 6.07) is 11.2. The van der Waals surface area contributed by atoms with Crippen LogP contribution in [0, 0.1) is 5.92 Å². The average molecular weight is 525 g/mol. The number of ether oxygens (including phenoxy) is 4. The molecular weight excluding hydrogens is 488 g/mol. The molecule has 0 radical (unpaired) electrons. The second kappa shape index (κ2) is 13.1. The highest BCUT2D eigenvalue weighted by atomic mass is 16.5. The van der Waals surface area contributed by atoms with Crippen LogP contribution in [0.2, 0.25) is 0 Å². The molecule has 3 aromatic rings. The SMILES string of the molecule is CCOc1ccc(CNC(=O)C2CCCN(Cc3nc(-c4ccc(OC)c(OC)c4)no3)C2)cc1OCC. The fourth-order valence-corrected chi connectivity index (χ4v) is 4.56. The molecular formula is C28H36N4O6. The Bertz CT molecular complexity index is 1210. The lowest BCUT2D eigenvalue weighted by molar-refractivity contribution is -0.127. The Morgan fingerprint density at radius 1 is 1.03 bits per heavy atom. The monoisotopic (exact) mass is 524 g/mol. The molecule has 1 fully saturated rings. The highest BCUT2D eigenvalue weighted by molar-refractivity contribution is 5.79. The summed E-state index contributed by atoms with van der Waals surface area (Å²) in [6.07, 6.45) is 1.77. The zero-order valence-corrected chi connectivity index (χ0v) is 22.5. The normalized spacial score (nSPS) is 15.6. The molecule has 4 rings (SSSR count). The predicted octanol–water partition coefficient (Wildman–Crippen LogP) is 4.08. The van der Waals surface area contributed by atoms with Gasteiger partial charge in [0.2, 0.25) is 17.6 Å². The Balaban J connectivity index is 1.32. The van der Waals surface area contributed by atoms with E-state index in [0.717, 1.165) is 30.5 Å². The van der Waals surface area contributed by atoms with Crippen LogP contribution in [0.5, 0.6) is 23.0 Å². The summed E-state index contributed by atoms with van der Waals surface area (Å²) in [6.45, 7) is 7.40. The molecule has 0 spiro atoms. The Morgan fingerprint density at radius 3 is 2.55 bits per heavy atom. The minimum Gasteiger partial charge on any atom is -0.493 e. The van der Waals surface area contributed by atoms with Gasteiger partial charge in [0.1, 0.15) is 0 Å². The maximum atomic E-state index is 13.0. The zero-order chi connectivity index (χ0) is 26.9. The Hall–Kier alpha value is -3.79. The van der Waals surface area contributed by atoms with Crippen LogP contribution < -0.4 is 24.3 Å². The molecule has 1 aliphatic heterocycles. The van der Waals surface area contributed by atoms with Crippen molar-refractivity contribution in [2.75, 3.05) is 40.5 Å². The molecule has 2 heterocycles. The molecule has 1 N–H and O–H groups in total. The van der Waals surface area contributed by atoms with Crippen molar-refractivity contribution in [3.05, 3.63) is 47.9 Å². The number of likely N-dealkylation sites (tertiary alicyclic amines) is 1. The van der Waals surface area contributed by atoms with Gasteiger partial charge < -0.3 is 28.8 Å². The number of amides is 1. The van der Waals surface area contributed by atoms with E-state index in [0.29, 0.717) is 67.6 Å². The van der Waals surface area contributed by atoms with Crippen molar-refractivity contribution < 1.29 is 28.3 Å². The van der Waals surface area contributed by atoms with E-state index in [2.05, 4.69) is 20.4 Å². The first kappa shape index (κ1) is 27.3. The van der Waals surface area contributed by atoms with E-state index in [9.17, 15) is 4.79 Å². The van der Waals surface area contributed by atoms with E-state index < -0.39 is 0 Å². The van der Waals surface area contributed by atoms with Crippen LogP contribution >= 0.6 is 0 Å². The van der Waals surface area contributed by atoms with Gasteiger partial charge in [-0.05, 0) is 69.1 Å². The topological polar surface area (TPSA) is 108 Å². The Kier molecular flexibility index (Phi) is 9.42. The number of nitrogens with one attached hydrogen (secondary N) is 1. The van der Waals surface area contributed by atoms with Crippen LogP contribution in [0.25, 0.3) is 11.4 Å². The number of piperidine rings is 1. The van der Waals surface area contributed by atoms with Crippen LogP contribution in [-0.2, 0) is 17.9 Å². The summed E-state index contributed by atoms with van der Waals surface area (Å²) in [4.78, 5) is 19.7. The van der Waals surface area contributed by atoms with E-state index in [1.807, 2.05) is 50.2 Å². The predicted molar refractivity (Wildman–Crippen MR) is 141 cm³/mol. The number of benzene rings is 2. The molecule has 38 heavy (non-hydrogen) atoms. The quantitative estimate of drug-likeness (QED) is 0.375. The van der Waals surface area contributed by atoms with Gasteiger partial charge >= 0.3 is 0 Å². The molecule has 1 saturated heterocycles. The van der Waals surface area contributed by atoms with Gasteiger partial charge in [0.15, 0.2) is 23.0 Å². The number of methoxy groups -OCH3 is 2. The molecule has 10 nitrogen and oxygen atoms in total. The zero-order valence-electron chi connectivity index (χ0n) is 22.5. The van der Waals surface area contributed by atoms with Crippen LogP contribution in [-0.4, -0.2) is 61.5 Å². The van der Waals surface area contributed by atoms with Gasteiger partial charge in [0, 0.05) is 18.7 Å². The number of carbonyl (C=O) groups excluding carboxylic acids is 1. The summed E-state index contributed by atoms with van der Waals surface area (Å²) in [5.74, 6) is 3.56. The smallest absolute Gasteiger partial charge is 0.241 e. The third kappa shape index (κ3) is 6.74. The molecule has 1 amide bonds. The molecule has 2 aromatic carbocycles. The third-order valence-electron chi connectivity index (χ3n) is 6.42. The minimum absolute atomic E-state index is 0.0399. The number of hydrogen-bond acceptors (Lipinski definition) is 9. The van der Waals surface area contributed by atoms with Crippen molar-refractivity contribution in [3.63, 3.8) is 0 Å². The second-order valence-electron chi connectivity index (χ2n) is 9.02. The molecule has 0 bridgehead atoms. The van der Waals surface area contributed by atoms with Crippen molar-refractivity contribution in [1.29, 1.82) is 0 Å². The van der Waals surface area contributed by atoms with Gasteiger partial charge in [-0.3, -0.25) is 9.69 Å². The first-order valence-electron chi connectivity index (χ1n) is 13.0. The number of hydrogen-bond donors (Lipinski definition) is 1. The molecule has 10 heteroatoms. The number of aromatic nitrogens is 2. The third-order valence-corrected chi connectivity index (χ3v) is 6.42. The van der Waals surface area contributed by atoms with Gasteiger partial charge in [-0.1, -0.05) is 11.2 Å². The molecule has 1 unspecified atom stereocenters. The molecule has 0 saturated carbocycles. The minimum atomic E-state index is -0.106. The fourth-order valence-electron chi connectivity index (χ4n) is 4.56. The second-order valence-corrected chi connectivity index (χ2v) is 9.02. The average Bonchev–Trinajstić information content (AvgIpc) is 3.41. The van der Waals surface area contributed by atoms with Crippen LogP contribution in [0.4, 0.5) is 0 Å². The molecule has 1 atom stereocenters. The lowest BCUT2D eigenvalue weighted by Crippen LogP contribution is -2.42. The molecule has 1 aliphatic rings. The highest BCUT2D eigenvalue weighted by Gasteiger charge is 2.27. The van der Waals surface area contributed by atoms with Crippen LogP contribution in [0.15, 0.2) is 40.9 Å². The molecule has 0 aliphatic carbocycles. The van der Waals surface area contributed by atoms with E-state index in [1.54, 1.807) is 14.2 Å². The lowest BCUT2D eigenvalue weighted by Gasteiger charge is -2.30. The maximum absolute atomic E-state index is 13.0. The fraction of sp³-hybridized carbons (Fsp3) is 0.464. The van der Waals surface area contributed by atoms with Crippen LogP contribution in [0.1, 0.15) is 38.1 Å². The largest absolute Gasteiger partial charge is 0.493 e. The lowest BCUT2D eigenvalue weighted by atomic mass is 9.97. The van der Waals surface area contributed by atoms with E-state index >= 15 is 0 Å². The van der Waals surface area contributed by atoms with Gasteiger partial charge in [0.25, 0.3) is 0 Å². The van der Waals surface area contributed by atoms with Crippen molar-refractivity contribution in [3.8, 4) is 34.4 Å². The van der Waals surface area contributed by atoms with E-state index in [1.165, 1.54) is 0 Å². The first-order chi connectivity index (χ1) is 18.5. The molecule has 204 valence electrons. The van der Waals surface area contributed by atoms with Gasteiger partial charge in [-0.2, -0.15) is 4.98 Å². The Labute approximate surface area is 223 Å². The van der Waals surface area contributed by atoms with E-state index in [4.69, 9.17) is 23.5 Å². The van der Waals surface area contributed by atoms with Crippen LogP contribution in [0.3, 0.4) is 0 Å². The van der Waals surface area contributed by atoms with E-state index in [-0.39, 0.29) is 11.8 Å². The summed E-state index contributed by atoms with van der Waals surface area (Å²) in [5, 5.41) is 7.21. The number of nitrogens with zero attached hydrogens (tertiary/aromatic N) is 3. The number of carbonyl (C=O) groups is 1. The summed E-state index contributed by atoms with van der Waals surface area (Å²) in [7, 11) is 3.18. The molecule has 1 aromatic heterocycles. The maximum Gasteiger partial charge on any atom is 0.241 e. The van der Waals surface area contributed by atoms with Crippen molar-refractivity contribution in [1.82, 2.24) is 20.4 Å². The standard InChI is InChI=1S/C28H36N4O6/c1-5-36-23-11-9-19(14-25(23)37-6-2)16-29-28(33)21-8-7-13-32(17-21)18-26-30-27(31-38-26)20-10-12-22(34-3)24(15-20)35-4/h9-12,14-15,21H,5-8,13,16-18H2,1-4H3,(H,29,33). The first-order valence-corrected chi connectivity index (χ1v) is 13.0. The van der Waals surface area contributed by atoms with Crippen molar-refractivity contribution in [2.45, 2.75) is 39.8 Å². The summed E-state index contributed by atoms with van der Waals surface area (Å²) < 4.78 is 27.5. The van der Waals surface area contributed by atoms with Gasteiger partial charge in [-0.25, -0.2) is 0 Å². The van der Waals surface area contributed by atoms with Crippen molar-refractivity contribution >= 4 is 5.91 Å².